The van der Waals surface area contributed by atoms with E-state index < -0.39 is 8.32 Å². The second-order valence-corrected chi connectivity index (χ2v) is 14.1. The van der Waals surface area contributed by atoms with Gasteiger partial charge in [0.05, 0.1) is 6.10 Å². The van der Waals surface area contributed by atoms with E-state index in [1.54, 1.807) is 0 Å². The maximum absolute atomic E-state index is 12.9. The molecule has 3 rings (SSSR count). The van der Waals surface area contributed by atoms with E-state index in [-0.39, 0.29) is 17.4 Å². The first-order chi connectivity index (χ1) is 11.6. The van der Waals surface area contributed by atoms with Crippen molar-refractivity contribution in [3.63, 3.8) is 0 Å². The third-order valence-corrected chi connectivity index (χ3v) is 6.92. The Labute approximate surface area is 156 Å². The molecular formula is C22H38O2Si. The lowest BCUT2D eigenvalue weighted by Crippen LogP contribution is -2.49. The summed E-state index contributed by atoms with van der Waals surface area (Å²) in [5, 5.41) is 0. The molecule has 1 saturated carbocycles. The van der Waals surface area contributed by atoms with Crippen LogP contribution in [-0.2, 0) is 9.22 Å². The van der Waals surface area contributed by atoms with Crippen LogP contribution in [0.3, 0.4) is 0 Å². The van der Waals surface area contributed by atoms with Crippen LogP contribution in [0.15, 0.2) is 23.3 Å². The molecule has 2 bridgehead atoms. The van der Waals surface area contributed by atoms with Gasteiger partial charge in [0.15, 0.2) is 8.32 Å². The predicted molar refractivity (Wildman–Crippen MR) is 109 cm³/mol. The summed E-state index contributed by atoms with van der Waals surface area (Å²) in [6.45, 7) is 13.6. The highest BCUT2D eigenvalue weighted by molar-refractivity contribution is 6.69. The topological polar surface area (TPSA) is 26.3 Å². The van der Waals surface area contributed by atoms with Crippen molar-refractivity contribution in [1.29, 1.82) is 0 Å². The zero-order chi connectivity index (χ0) is 18.7. The van der Waals surface area contributed by atoms with Gasteiger partial charge in [0.1, 0.15) is 5.78 Å². The van der Waals surface area contributed by atoms with Crippen molar-refractivity contribution in [3.05, 3.63) is 23.3 Å². The molecule has 0 heterocycles. The summed E-state index contributed by atoms with van der Waals surface area (Å²) >= 11 is 0. The van der Waals surface area contributed by atoms with E-state index in [2.05, 4.69) is 52.6 Å². The number of fused-ring (bicyclic) bond motifs is 9. The second kappa shape index (κ2) is 8.35. The van der Waals surface area contributed by atoms with E-state index in [0.29, 0.717) is 12.2 Å². The molecule has 0 aromatic rings. The molecule has 3 aliphatic rings. The summed E-state index contributed by atoms with van der Waals surface area (Å²) in [7, 11) is -1.62. The lowest BCUT2D eigenvalue weighted by atomic mass is 9.65. The Bertz CT molecular complexity index is 541. The number of Topliss-reactive ketones (excluding diaryl/α,β-unsaturated/α-hetero) is 1. The minimum atomic E-state index is -1.62. The van der Waals surface area contributed by atoms with Crippen molar-refractivity contribution in [1.82, 2.24) is 0 Å². The van der Waals surface area contributed by atoms with Crippen LogP contribution in [-0.4, -0.2) is 20.2 Å². The number of carbonyl (C=O) groups excluding carboxylic acids is 1. The Kier molecular flexibility index (Phi) is 6.89. The fourth-order valence-corrected chi connectivity index (χ4v) is 5.51. The molecule has 0 aromatic heterocycles. The molecule has 2 nitrogen and oxygen atoms in total. The Morgan fingerprint density at radius 2 is 1.72 bits per heavy atom. The average Bonchev–Trinajstić information content (AvgIpc) is 2.47. The van der Waals surface area contributed by atoms with E-state index >= 15 is 0 Å². The largest absolute Gasteiger partial charge is 0.414 e. The fourth-order valence-electron chi connectivity index (χ4n) is 4.28. The third-order valence-electron chi connectivity index (χ3n) is 5.93. The smallest absolute Gasteiger partial charge is 0.184 e. The van der Waals surface area contributed by atoms with Gasteiger partial charge >= 0.3 is 0 Å². The Balaban J connectivity index is 2.26. The van der Waals surface area contributed by atoms with Crippen molar-refractivity contribution < 1.29 is 9.22 Å². The highest BCUT2D eigenvalue weighted by atomic mass is 28.4. The lowest BCUT2D eigenvalue weighted by Gasteiger charge is -2.46. The van der Waals surface area contributed by atoms with Gasteiger partial charge in [0, 0.05) is 12.3 Å². The number of ketones is 1. The van der Waals surface area contributed by atoms with Crippen LogP contribution in [0.1, 0.15) is 72.1 Å². The number of allylic oxidation sites excluding steroid dienone is 4. The second-order valence-electron chi connectivity index (χ2n) is 9.67. The van der Waals surface area contributed by atoms with E-state index in [0.717, 1.165) is 44.9 Å². The normalized spacial score (nSPS) is 37.0. The van der Waals surface area contributed by atoms with E-state index in [1.165, 1.54) is 11.1 Å². The Morgan fingerprint density at radius 3 is 2.40 bits per heavy atom. The van der Waals surface area contributed by atoms with Gasteiger partial charge in [-0.3, -0.25) is 4.79 Å². The maximum Gasteiger partial charge on any atom is 0.184 e. The molecule has 3 aliphatic carbocycles. The maximum atomic E-state index is 12.9. The molecule has 0 N–H and O–H groups in total. The SMILES string of the molecule is C/C1=C\CC[C@@]2(C)CC(=O)[C@@H](CC/C(C)=C/CC1)C[C@@H]2O[Si](C)(C)C. The third kappa shape index (κ3) is 6.21. The molecule has 0 radical (unpaired) electrons. The van der Waals surface area contributed by atoms with Gasteiger partial charge in [-0.15, -0.1) is 0 Å². The zero-order valence-corrected chi connectivity index (χ0v) is 18.3. The molecular weight excluding hydrogens is 324 g/mol. The average molecular weight is 363 g/mol. The summed E-state index contributed by atoms with van der Waals surface area (Å²) in [6, 6.07) is 0. The van der Waals surface area contributed by atoms with Gasteiger partial charge in [0.2, 0.25) is 0 Å². The molecule has 0 aliphatic heterocycles. The molecule has 0 saturated heterocycles. The minimum absolute atomic E-state index is 0.000353. The molecule has 0 unspecified atom stereocenters. The first kappa shape index (κ1) is 20.6. The van der Waals surface area contributed by atoms with Gasteiger partial charge < -0.3 is 4.43 Å². The Hall–Kier alpha value is -0.673. The summed E-state index contributed by atoms with van der Waals surface area (Å²) in [6.07, 6.45) is 13.1. The summed E-state index contributed by atoms with van der Waals surface area (Å²) < 4.78 is 6.63. The fraction of sp³-hybridized carbons (Fsp3) is 0.773. The van der Waals surface area contributed by atoms with Crippen LogP contribution in [0.5, 0.6) is 0 Å². The molecule has 25 heavy (non-hydrogen) atoms. The van der Waals surface area contributed by atoms with Crippen molar-refractivity contribution in [2.45, 2.75) is 97.9 Å². The van der Waals surface area contributed by atoms with Crippen LogP contribution in [0.2, 0.25) is 19.6 Å². The standard InChI is InChI=1S/C22H38O2Si/c1-17-9-7-10-18(2)12-13-19-15-21(24-25(4,5)6)22(3,14-8-11-17)16-20(19)23/h10-11,19,21H,7-9,12-16H2,1-6H3/b17-11+,18-10+/t19-,21-,22-/m0/s1. The van der Waals surface area contributed by atoms with Gasteiger partial charge in [-0.1, -0.05) is 30.2 Å². The van der Waals surface area contributed by atoms with E-state index in [9.17, 15) is 4.79 Å². The minimum Gasteiger partial charge on any atom is -0.414 e. The van der Waals surface area contributed by atoms with E-state index in [4.69, 9.17) is 4.43 Å². The van der Waals surface area contributed by atoms with Crippen LogP contribution in [0.4, 0.5) is 0 Å². The summed E-state index contributed by atoms with van der Waals surface area (Å²) in [5.41, 5.74) is 2.92. The molecule has 3 heteroatoms. The molecule has 3 atom stereocenters. The van der Waals surface area contributed by atoms with E-state index in [1.807, 2.05) is 0 Å². The molecule has 1 fully saturated rings. The van der Waals surface area contributed by atoms with Crippen molar-refractivity contribution in [2.24, 2.45) is 11.3 Å². The number of hydrogen-bond acceptors (Lipinski definition) is 2. The lowest BCUT2D eigenvalue weighted by molar-refractivity contribution is -0.134. The molecule has 0 spiro atoms. The highest BCUT2D eigenvalue weighted by Gasteiger charge is 2.45. The van der Waals surface area contributed by atoms with Gasteiger partial charge in [-0.25, -0.2) is 0 Å². The monoisotopic (exact) mass is 362 g/mol. The number of hydrogen-bond donors (Lipinski definition) is 0. The first-order valence-electron chi connectivity index (χ1n) is 10.1. The summed E-state index contributed by atoms with van der Waals surface area (Å²) in [4.78, 5) is 12.9. The van der Waals surface area contributed by atoms with Crippen LogP contribution in [0.25, 0.3) is 0 Å². The summed E-state index contributed by atoms with van der Waals surface area (Å²) in [5.74, 6) is 0.668. The van der Waals surface area contributed by atoms with Crippen molar-refractivity contribution in [2.75, 3.05) is 0 Å². The predicted octanol–water partition coefficient (Wildman–Crippen LogP) is 6.44. The van der Waals surface area contributed by atoms with Crippen LogP contribution < -0.4 is 0 Å². The van der Waals surface area contributed by atoms with Crippen LogP contribution >= 0.6 is 0 Å². The molecule has 0 amide bonds. The first-order valence-corrected chi connectivity index (χ1v) is 13.5. The van der Waals surface area contributed by atoms with Crippen molar-refractivity contribution >= 4 is 14.1 Å². The van der Waals surface area contributed by atoms with Crippen molar-refractivity contribution in [3.8, 4) is 0 Å². The molecule has 142 valence electrons. The quantitative estimate of drug-likeness (QED) is 0.417. The van der Waals surface area contributed by atoms with Gasteiger partial charge in [0.25, 0.3) is 0 Å². The van der Waals surface area contributed by atoms with Crippen LogP contribution in [0, 0.1) is 11.3 Å². The highest BCUT2D eigenvalue weighted by Crippen LogP contribution is 2.45. The number of rotatable bonds is 2. The molecule has 0 aromatic carbocycles. The van der Waals surface area contributed by atoms with Gasteiger partial charge in [-0.05, 0) is 83.8 Å². The number of carbonyl (C=O) groups is 1. The zero-order valence-electron chi connectivity index (χ0n) is 17.3. The van der Waals surface area contributed by atoms with Gasteiger partial charge in [-0.2, -0.15) is 0 Å². The Morgan fingerprint density at radius 1 is 1.08 bits per heavy atom.